The lowest BCUT2D eigenvalue weighted by Crippen LogP contribution is -2.49. The fourth-order valence-electron chi connectivity index (χ4n) is 4.76. The maximum absolute atomic E-state index is 13.6. The minimum absolute atomic E-state index is 0.0768. The number of hydrogen-bond donors (Lipinski definition) is 1. The molecule has 1 saturated heterocycles. The van der Waals surface area contributed by atoms with Crippen LogP contribution in [0.5, 0.6) is 0 Å². The van der Waals surface area contributed by atoms with Crippen molar-refractivity contribution in [2.24, 2.45) is 0 Å². The average Bonchev–Trinajstić information content (AvgIpc) is 3.09. The molecule has 1 aromatic carbocycles. The van der Waals surface area contributed by atoms with Gasteiger partial charge >= 0.3 is 11.8 Å². The number of fused-ring (bicyclic) bond motifs is 1. The van der Waals surface area contributed by atoms with E-state index in [4.69, 9.17) is 11.3 Å². The average molecular weight is 491 g/mol. The van der Waals surface area contributed by atoms with Gasteiger partial charge in [-0.25, -0.2) is 19.4 Å². The van der Waals surface area contributed by atoms with Crippen molar-refractivity contribution in [2.45, 2.75) is 71.7 Å². The lowest BCUT2D eigenvalue weighted by atomic mass is 10.0. The van der Waals surface area contributed by atoms with Gasteiger partial charge in [-0.15, -0.1) is 0 Å². The number of aromatic nitrogens is 3. The molecule has 0 unspecified atom stereocenters. The first-order valence-electron chi connectivity index (χ1n) is 12.4. The fourth-order valence-corrected chi connectivity index (χ4v) is 4.76. The van der Waals surface area contributed by atoms with E-state index in [0.717, 1.165) is 36.2 Å². The number of ether oxygens (including phenoxy) is 1. The molecular weight excluding hydrogens is 456 g/mol. The Balaban J connectivity index is 1.74. The molecule has 0 radical (unpaired) electrons. The van der Waals surface area contributed by atoms with E-state index in [1.165, 1.54) is 0 Å². The van der Waals surface area contributed by atoms with Crippen LogP contribution in [0.4, 0.5) is 16.2 Å². The molecule has 2 aromatic heterocycles. The summed E-state index contributed by atoms with van der Waals surface area (Å²) in [4.78, 5) is 36.5. The zero-order chi connectivity index (χ0) is 26.0. The molecule has 0 saturated carbocycles. The minimum Gasteiger partial charge on any atom is -0.444 e. The van der Waals surface area contributed by atoms with Crippen LogP contribution in [0.15, 0.2) is 41.3 Å². The van der Waals surface area contributed by atoms with Crippen LogP contribution in [-0.2, 0) is 11.3 Å². The number of amides is 1. The number of rotatable bonds is 5. The van der Waals surface area contributed by atoms with E-state index in [1.54, 1.807) is 21.4 Å². The normalized spacial score (nSPS) is 16.2. The number of carbonyl (C=O) groups is 1. The Bertz CT molecular complexity index is 1360. The predicted octanol–water partition coefficient (Wildman–Crippen LogP) is 4.87. The maximum Gasteiger partial charge on any atom is 0.407 e. The van der Waals surface area contributed by atoms with Crippen LogP contribution in [0.25, 0.3) is 16.0 Å². The molecule has 3 aromatic rings. The number of carbonyl (C=O) groups excluding carboxylic acids is 1. The zero-order valence-electron chi connectivity index (χ0n) is 21.6. The molecule has 0 aliphatic carbocycles. The Hall–Kier alpha value is -3.80. The SMILES string of the molecule is [C-]#[N+]c1ccccc1Cn1c(=O)n(C(C)C)c2nccc(N3CCC[C@@H](NC(=O)OC(C)(C)C)C3)c21. The van der Waals surface area contributed by atoms with E-state index in [-0.39, 0.29) is 24.3 Å². The van der Waals surface area contributed by atoms with Crippen LogP contribution < -0.4 is 15.9 Å². The molecule has 4 rings (SSSR count). The highest BCUT2D eigenvalue weighted by molar-refractivity contribution is 5.87. The second kappa shape index (κ2) is 10.1. The molecule has 0 bridgehead atoms. The van der Waals surface area contributed by atoms with Gasteiger partial charge in [-0.2, -0.15) is 0 Å². The quantitative estimate of drug-likeness (QED) is 0.516. The molecule has 3 heterocycles. The number of hydrogen-bond acceptors (Lipinski definition) is 5. The van der Waals surface area contributed by atoms with Gasteiger partial charge in [-0.1, -0.05) is 24.3 Å². The molecule has 1 aliphatic rings. The van der Waals surface area contributed by atoms with Gasteiger partial charge in [0, 0.05) is 37.9 Å². The first-order valence-corrected chi connectivity index (χ1v) is 12.4. The second-order valence-electron chi connectivity index (χ2n) is 10.5. The summed E-state index contributed by atoms with van der Waals surface area (Å²) in [6, 6.07) is 9.14. The lowest BCUT2D eigenvalue weighted by molar-refractivity contribution is 0.0500. The van der Waals surface area contributed by atoms with Crippen LogP contribution >= 0.6 is 0 Å². The van der Waals surface area contributed by atoms with Crippen LogP contribution in [0.2, 0.25) is 0 Å². The Morgan fingerprint density at radius 1 is 1.28 bits per heavy atom. The van der Waals surface area contributed by atoms with Gasteiger partial charge in [-0.3, -0.25) is 9.13 Å². The number of pyridine rings is 1. The standard InChI is InChI=1S/C27H34N6O3/c1-18(2)33-24-23(32(26(33)35)16-19-10-7-8-12-21(19)28-6)22(13-14-29-24)31-15-9-11-20(17-31)30-25(34)36-27(3,4)5/h7-8,10,12-14,18,20H,9,11,15-17H2,1-5H3,(H,30,34)/t20-/m1/s1. The zero-order valence-corrected chi connectivity index (χ0v) is 21.6. The predicted molar refractivity (Wildman–Crippen MR) is 141 cm³/mol. The van der Waals surface area contributed by atoms with Crippen molar-refractivity contribution >= 4 is 28.6 Å². The number of alkyl carbamates (subject to hydrolysis) is 1. The van der Waals surface area contributed by atoms with Crippen LogP contribution in [-0.4, -0.2) is 44.9 Å². The monoisotopic (exact) mass is 490 g/mol. The number of para-hydroxylation sites is 1. The molecule has 1 atom stereocenters. The van der Waals surface area contributed by atoms with Gasteiger partial charge in [0.1, 0.15) is 11.1 Å². The summed E-state index contributed by atoms with van der Waals surface area (Å²) in [6.45, 7) is 18.7. The van der Waals surface area contributed by atoms with Gasteiger partial charge < -0.3 is 15.0 Å². The van der Waals surface area contributed by atoms with Gasteiger partial charge in [0.25, 0.3) is 0 Å². The third kappa shape index (κ3) is 5.23. The summed E-state index contributed by atoms with van der Waals surface area (Å²) >= 11 is 0. The molecule has 9 heteroatoms. The molecule has 1 aliphatic heterocycles. The van der Waals surface area contributed by atoms with Gasteiger partial charge in [0.2, 0.25) is 0 Å². The smallest absolute Gasteiger partial charge is 0.407 e. The highest BCUT2D eigenvalue weighted by Crippen LogP contribution is 2.30. The third-order valence-electron chi connectivity index (χ3n) is 6.26. The molecule has 1 fully saturated rings. The second-order valence-corrected chi connectivity index (χ2v) is 10.5. The van der Waals surface area contributed by atoms with Crippen LogP contribution in [0.3, 0.4) is 0 Å². The number of piperidine rings is 1. The van der Waals surface area contributed by atoms with Crippen molar-refractivity contribution in [2.75, 3.05) is 18.0 Å². The maximum atomic E-state index is 13.6. The Morgan fingerprint density at radius 3 is 2.72 bits per heavy atom. The number of anilines is 1. The van der Waals surface area contributed by atoms with Crippen molar-refractivity contribution < 1.29 is 9.53 Å². The van der Waals surface area contributed by atoms with Crippen molar-refractivity contribution in [3.8, 4) is 0 Å². The Kier molecular flexibility index (Phi) is 7.07. The summed E-state index contributed by atoms with van der Waals surface area (Å²) in [6.07, 6.45) is 3.05. The van der Waals surface area contributed by atoms with E-state index >= 15 is 0 Å². The van der Waals surface area contributed by atoms with Crippen LogP contribution in [0, 0.1) is 6.57 Å². The summed E-state index contributed by atoms with van der Waals surface area (Å²) in [5.74, 6) is 0. The molecule has 9 nitrogen and oxygen atoms in total. The van der Waals surface area contributed by atoms with E-state index in [1.807, 2.05) is 58.9 Å². The summed E-state index contributed by atoms with van der Waals surface area (Å²) < 4.78 is 8.89. The first-order chi connectivity index (χ1) is 17.1. The molecule has 0 spiro atoms. The van der Waals surface area contributed by atoms with Crippen molar-refractivity contribution in [3.63, 3.8) is 0 Å². The summed E-state index contributed by atoms with van der Waals surface area (Å²) in [5, 5.41) is 3.00. The molecule has 1 N–H and O–H groups in total. The fraction of sp³-hybridized carbons (Fsp3) is 0.481. The number of imidazole rings is 1. The van der Waals surface area contributed by atoms with Crippen molar-refractivity contribution in [1.29, 1.82) is 0 Å². The van der Waals surface area contributed by atoms with Crippen LogP contribution in [0.1, 0.15) is 59.1 Å². The lowest BCUT2D eigenvalue weighted by Gasteiger charge is -2.35. The van der Waals surface area contributed by atoms with E-state index in [9.17, 15) is 9.59 Å². The minimum atomic E-state index is -0.562. The van der Waals surface area contributed by atoms with E-state index in [2.05, 4.69) is 20.0 Å². The molecule has 1 amide bonds. The van der Waals surface area contributed by atoms with E-state index in [0.29, 0.717) is 17.9 Å². The summed E-state index contributed by atoms with van der Waals surface area (Å²) in [5.41, 5.74) is 2.86. The van der Waals surface area contributed by atoms with Crippen molar-refractivity contribution in [1.82, 2.24) is 19.4 Å². The number of nitrogens with one attached hydrogen (secondary N) is 1. The number of nitrogens with zero attached hydrogens (tertiary/aromatic N) is 5. The topological polar surface area (TPSA) is 85.8 Å². The molecular formula is C27H34N6O3. The van der Waals surface area contributed by atoms with Gasteiger partial charge in [0.15, 0.2) is 11.3 Å². The number of benzene rings is 1. The van der Waals surface area contributed by atoms with Gasteiger partial charge in [-0.05, 0) is 59.1 Å². The highest BCUT2D eigenvalue weighted by Gasteiger charge is 2.28. The van der Waals surface area contributed by atoms with E-state index < -0.39 is 11.7 Å². The first kappa shape index (κ1) is 25.3. The highest BCUT2D eigenvalue weighted by atomic mass is 16.6. The Labute approximate surface area is 211 Å². The largest absolute Gasteiger partial charge is 0.444 e. The third-order valence-corrected chi connectivity index (χ3v) is 6.26. The van der Waals surface area contributed by atoms with Crippen molar-refractivity contribution in [3.05, 3.63) is 64.0 Å². The summed E-state index contributed by atoms with van der Waals surface area (Å²) in [7, 11) is 0. The Morgan fingerprint density at radius 2 is 2.03 bits per heavy atom. The van der Waals surface area contributed by atoms with Gasteiger partial charge in [0.05, 0.1) is 12.3 Å². The molecule has 36 heavy (non-hydrogen) atoms. The molecule has 190 valence electrons.